The first kappa shape index (κ1) is 31.6. The zero-order valence-corrected chi connectivity index (χ0v) is 27.5. The van der Waals surface area contributed by atoms with Gasteiger partial charge in [0.15, 0.2) is 10.8 Å². The number of rotatable bonds is 8. The molecule has 0 spiro atoms. The van der Waals surface area contributed by atoms with Crippen LogP contribution in [0.3, 0.4) is 0 Å². The van der Waals surface area contributed by atoms with Gasteiger partial charge in [0, 0.05) is 64.8 Å². The van der Waals surface area contributed by atoms with E-state index in [1.165, 1.54) is 28.4 Å². The number of hydrogen-bond acceptors (Lipinski definition) is 9. The first-order valence-corrected chi connectivity index (χ1v) is 16.4. The van der Waals surface area contributed by atoms with Crippen LogP contribution >= 0.6 is 33.9 Å². The number of hydrogen-bond donors (Lipinski definition) is 2. The average molecular weight is 755 g/mol. The van der Waals surface area contributed by atoms with E-state index in [0.29, 0.717) is 71.7 Å². The van der Waals surface area contributed by atoms with Crippen molar-refractivity contribution in [3.63, 3.8) is 0 Å². The van der Waals surface area contributed by atoms with Crippen LogP contribution in [0.4, 0.5) is 14.9 Å². The molecule has 0 unspecified atom stereocenters. The number of thiazole rings is 1. The summed E-state index contributed by atoms with van der Waals surface area (Å²) in [5, 5.41) is 15.1. The molecule has 2 amide bonds. The number of ether oxygens (including phenoxy) is 1. The lowest BCUT2D eigenvalue weighted by Gasteiger charge is -2.38. The molecule has 3 aromatic rings. The van der Waals surface area contributed by atoms with Crippen LogP contribution in [0.15, 0.2) is 64.2 Å². The van der Waals surface area contributed by atoms with Crippen molar-refractivity contribution in [2.24, 2.45) is 4.99 Å². The number of terminal acetylenes is 1. The second-order valence-corrected chi connectivity index (χ2v) is 12.9. The number of esters is 1. The molecule has 0 bridgehead atoms. The van der Waals surface area contributed by atoms with Gasteiger partial charge in [-0.2, -0.15) is 0 Å². The number of carboxylic acids is 1. The summed E-state index contributed by atoms with van der Waals surface area (Å²) in [5.41, 5.74) is 2.11. The molecule has 0 aliphatic carbocycles. The summed E-state index contributed by atoms with van der Waals surface area (Å²) in [7, 11) is 0. The number of piperazine rings is 1. The molecule has 6 rings (SSSR count). The van der Waals surface area contributed by atoms with Gasteiger partial charge in [-0.05, 0) is 65.4 Å². The van der Waals surface area contributed by atoms with Crippen molar-refractivity contribution < 1.29 is 28.6 Å². The molecule has 0 saturated carbocycles. The first-order chi connectivity index (χ1) is 22.2. The third kappa shape index (κ3) is 6.09. The van der Waals surface area contributed by atoms with Crippen molar-refractivity contribution >= 4 is 63.4 Å². The summed E-state index contributed by atoms with van der Waals surface area (Å²) in [6, 6.07) is 8.14. The highest BCUT2D eigenvalue weighted by molar-refractivity contribution is 14.1. The minimum Gasteiger partial charge on any atom is -0.478 e. The molecule has 2 atom stereocenters. The Hall–Kier alpha value is -4.33. The number of amidine groups is 1. The molecule has 0 radical (unpaired) electrons. The average Bonchev–Trinajstić information content (AvgIpc) is 3.69. The zero-order chi connectivity index (χ0) is 32.5. The number of benzene rings is 2. The Morgan fingerprint density at radius 3 is 2.76 bits per heavy atom. The van der Waals surface area contributed by atoms with Crippen molar-refractivity contribution in [1.29, 1.82) is 0 Å². The predicted molar refractivity (Wildman–Crippen MR) is 178 cm³/mol. The van der Waals surface area contributed by atoms with E-state index in [4.69, 9.17) is 16.2 Å². The third-order valence-electron chi connectivity index (χ3n) is 8.03. The van der Waals surface area contributed by atoms with Crippen molar-refractivity contribution in [2.75, 3.05) is 44.2 Å². The smallest absolute Gasteiger partial charge is 0.338 e. The Labute approximate surface area is 281 Å². The topological polar surface area (TPSA) is 128 Å². The van der Waals surface area contributed by atoms with Gasteiger partial charge in [-0.3, -0.25) is 14.8 Å². The molecule has 236 valence electrons. The third-order valence-corrected chi connectivity index (χ3v) is 9.49. The van der Waals surface area contributed by atoms with Gasteiger partial charge in [0.05, 0.1) is 23.8 Å². The number of urea groups is 1. The second-order valence-electron chi connectivity index (χ2n) is 10.8. The van der Waals surface area contributed by atoms with Crippen LogP contribution in [0.5, 0.6) is 0 Å². The minimum absolute atomic E-state index is 0.173. The van der Waals surface area contributed by atoms with Crippen LogP contribution in [0.25, 0.3) is 0 Å². The Kier molecular flexibility index (Phi) is 9.07. The number of carboxylic acid groups (broad SMARTS) is 1. The van der Waals surface area contributed by atoms with Gasteiger partial charge < -0.3 is 20.1 Å². The number of anilines is 1. The van der Waals surface area contributed by atoms with Crippen LogP contribution in [-0.4, -0.2) is 89.1 Å². The molecule has 2 aromatic carbocycles. The van der Waals surface area contributed by atoms with Gasteiger partial charge in [0.25, 0.3) is 0 Å². The minimum atomic E-state index is -1.37. The van der Waals surface area contributed by atoms with E-state index >= 15 is 0 Å². The standard InChI is InChI=1S/C32H28FIN6O5S/c1-3-18-13-19(34)5-7-22(18)27-26(31(43)45-4-2)25(36-28(37-27)29-35-9-12-46-29)17-38-10-11-39-21(15-38)16-40(32(39)44)20-6-8-23(30(41)42)24(33)14-20/h1,5-9,12-14,21,27H,4,10-11,15-17H2,2H3,(H,36,37)(H,41,42)/t21-,27-/m0/s1. The molecule has 2 fully saturated rings. The van der Waals surface area contributed by atoms with Gasteiger partial charge >= 0.3 is 18.0 Å². The SMILES string of the molecule is C#Cc1cc(I)ccc1[C@@H]1N=C(c2nccs2)NC(CN2CCN3C(=O)N(c4ccc(C(=O)O)c(F)c4)C[C@@H]3C2)=C1C(=O)OCC. The fourth-order valence-corrected chi connectivity index (χ4v) is 7.01. The predicted octanol–water partition coefficient (Wildman–Crippen LogP) is 4.10. The number of amides is 2. The van der Waals surface area contributed by atoms with Crippen LogP contribution in [0.1, 0.15) is 39.5 Å². The fraction of sp³-hybridized carbons (Fsp3) is 0.281. The van der Waals surface area contributed by atoms with E-state index in [-0.39, 0.29) is 18.7 Å². The number of fused-ring (bicyclic) bond motifs is 1. The van der Waals surface area contributed by atoms with Crippen LogP contribution in [-0.2, 0) is 9.53 Å². The van der Waals surface area contributed by atoms with E-state index < -0.39 is 29.4 Å². The van der Waals surface area contributed by atoms with Gasteiger partial charge in [-0.1, -0.05) is 12.0 Å². The number of aromatic nitrogens is 1. The van der Waals surface area contributed by atoms with E-state index in [9.17, 15) is 23.9 Å². The van der Waals surface area contributed by atoms with Crippen molar-refractivity contribution in [3.8, 4) is 12.3 Å². The molecule has 2 saturated heterocycles. The van der Waals surface area contributed by atoms with E-state index in [2.05, 4.69) is 43.7 Å². The van der Waals surface area contributed by atoms with Crippen molar-refractivity contribution in [3.05, 3.63) is 90.3 Å². The molecule has 46 heavy (non-hydrogen) atoms. The maximum atomic E-state index is 14.5. The summed E-state index contributed by atoms with van der Waals surface area (Å²) in [6.07, 6.45) is 7.60. The lowest BCUT2D eigenvalue weighted by atomic mass is 9.92. The second kappa shape index (κ2) is 13.2. The van der Waals surface area contributed by atoms with Crippen LogP contribution in [0.2, 0.25) is 0 Å². The van der Waals surface area contributed by atoms with Crippen molar-refractivity contribution in [2.45, 2.75) is 19.0 Å². The Morgan fingerprint density at radius 2 is 2.07 bits per heavy atom. The van der Waals surface area contributed by atoms with Crippen LogP contribution < -0.4 is 10.2 Å². The summed E-state index contributed by atoms with van der Waals surface area (Å²) in [5.74, 6) is 0.468. The highest BCUT2D eigenvalue weighted by atomic mass is 127. The summed E-state index contributed by atoms with van der Waals surface area (Å²) in [6.45, 7) is 3.94. The fourth-order valence-electron chi connectivity index (χ4n) is 5.94. The molecule has 3 aliphatic rings. The largest absolute Gasteiger partial charge is 0.478 e. The quantitative estimate of drug-likeness (QED) is 0.200. The highest BCUT2D eigenvalue weighted by Gasteiger charge is 2.42. The molecular formula is C32H28FIN6O5S. The van der Waals surface area contributed by atoms with Crippen molar-refractivity contribution in [1.82, 2.24) is 20.1 Å². The maximum Gasteiger partial charge on any atom is 0.338 e. The van der Waals surface area contributed by atoms with Gasteiger partial charge in [0.2, 0.25) is 0 Å². The highest BCUT2D eigenvalue weighted by Crippen LogP contribution is 2.36. The molecule has 3 aliphatic heterocycles. The summed E-state index contributed by atoms with van der Waals surface area (Å²) >= 11 is 3.60. The van der Waals surface area contributed by atoms with E-state index in [1.807, 2.05) is 23.6 Å². The van der Waals surface area contributed by atoms with Gasteiger partial charge in [-0.15, -0.1) is 17.8 Å². The Balaban J connectivity index is 1.31. The van der Waals surface area contributed by atoms with Gasteiger partial charge in [0.1, 0.15) is 11.9 Å². The molecule has 2 N–H and O–H groups in total. The van der Waals surface area contributed by atoms with E-state index in [1.54, 1.807) is 18.0 Å². The normalized spacial score (nSPS) is 19.8. The Bertz CT molecular complexity index is 1820. The molecular weight excluding hydrogens is 726 g/mol. The summed E-state index contributed by atoms with van der Waals surface area (Å²) in [4.78, 5) is 52.9. The summed E-state index contributed by atoms with van der Waals surface area (Å²) < 4.78 is 21.0. The first-order valence-electron chi connectivity index (χ1n) is 14.4. The maximum absolute atomic E-state index is 14.5. The number of nitrogens with one attached hydrogen (secondary N) is 1. The molecule has 4 heterocycles. The van der Waals surface area contributed by atoms with Crippen LogP contribution in [0, 0.1) is 21.7 Å². The monoisotopic (exact) mass is 754 g/mol. The van der Waals surface area contributed by atoms with E-state index in [0.717, 1.165) is 9.64 Å². The molecule has 11 nitrogen and oxygen atoms in total. The number of nitrogens with zero attached hydrogens (tertiary/aromatic N) is 5. The number of carbonyl (C=O) groups is 3. The number of aliphatic imine (C=N–C) groups is 1. The zero-order valence-electron chi connectivity index (χ0n) is 24.6. The molecule has 14 heteroatoms. The number of aromatic carboxylic acids is 1. The van der Waals surface area contributed by atoms with Gasteiger partial charge in [-0.25, -0.2) is 23.8 Å². The number of carbonyl (C=O) groups excluding carboxylic acids is 2. The lowest BCUT2D eigenvalue weighted by Crippen LogP contribution is -2.53. The number of halogens is 2. The molecule has 1 aromatic heterocycles. The Morgan fingerprint density at radius 1 is 1.24 bits per heavy atom. The lowest BCUT2D eigenvalue weighted by molar-refractivity contribution is -0.139.